The molecule has 6 rings (SSSR count). The lowest BCUT2D eigenvalue weighted by atomic mass is 10.0. The van der Waals surface area contributed by atoms with Gasteiger partial charge in [-0.3, -0.25) is 10.1 Å². The second-order valence-corrected chi connectivity index (χ2v) is 8.40. The molecule has 0 saturated carbocycles. The Bertz CT molecular complexity index is 1630. The topological polar surface area (TPSA) is 99.5 Å². The van der Waals surface area contributed by atoms with Crippen molar-refractivity contribution in [3.63, 3.8) is 0 Å². The third-order valence-corrected chi connectivity index (χ3v) is 5.72. The minimum Gasteiger partial charge on any atom is -0.472 e. The van der Waals surface area contributed by atoms with E-state index in [1.54, 1.807) is 37.2 Å². The number of fused-ring (bicyclic) bond motifs is 2. The summed E-state index contributed by atoms with van der Waals surface area (Å²) in [4.78, 5) is 18.6. The van der Waals surface area contributed by atoms with Crippen molar-refractivity contribution in [1.82, 2.24) is 35.0 Å². The number of aromatic amines is 2. The number of halogens is 1. The Balaban J connectivity index is 1.50. The maximum Gasteiger partial charge on any atom is 0.178 e. The molecule has 0 aliphatic heterocycles. The summed E-state index contributed by atoms with van der Waals surface area (Å²) in [5.74, 6) is 0.0498. The number of nitrogens with one attached hydrogen (secondary N) is 2. The average Bonchev–Trinajstić information content (AvgIpc) is 3.57. The number of imidazole rings is 1. The summed E-state index contributed by atoms with van der Waals surface area (Å²) in [5, 5.41) is 7.66. The lowest BCUT2D eigenvalue weighted by Crippen LogP contribution is -2.10. The van der Waals surface area contributed by atoms with Gasteiger partial charge >= 0.3 is 0 Å². The van der Waals surface area contributed by atoms with Crippen molar-refractivity contribution in [3.05, 3.63) is 72.8 Å². The second kappa shape index (κ2) is 7.89. The van der Waals surface area contributed by atoms with Gasteiger partial charge in [-0.1, -0.05) is 0 Å². The van der Waals surface area contributed by atoms with Crippen LogP contribution in [0.2, 0.25) is 0 Å². The Labute approximate surface area is 193 Å². The third kappa shape index (κ3) is 3.34. The molecule has 0 aliphatic carbocycles. The number of furan rings is 1. The molecular formula is C25H20FN7O. The lowest BCUT2D eigenvalue weighted by Gasteiger charge is -2.11. The highest BCUT2D eigenvalue weighted by Gasteiger charge is 2.21. The molecule has 0 fully saturated rings. The van der Waals surface area contributed by atoms with Gasteiger partial charge in [-0.15, -0.1) is 0 Å². The van der Waals surface area contributed by atoms with Crippen molar-refractivity contribution >= 4 is 22.1 Å². The van der Waals surface area contributed by atoms with Crippen LogP contribution < -0.4 is 0 Å². The van der Waals surface area contributed by atoms with Gasteiger partial charge in [-0.2, -0.15) is 5.10 Å². The van der Waals surface area contributed by atoms with E-state index in [2.05, 4.69) is 30.1 Å². The van der Waals surface area contributed by atoms with Gasteiger partial charge in [0.05, 0.1) is 28.9 Å². The zero-order chi connectivity index (χ0) is 23.2. The summed E-state index contributed by atoms with van der Waals surface area (Å²) < 4.78 is 21.1. The van der Waals surface area contributed by atoms with Gasteiger partial charge in [0.25, 0.3) is 0 Å². The summed E-state index contributed by atoms with van der Waals surface area (Å²) in [7, 11) is 3.97. The molecule has 0 atom stereocenters. The molecule has 0 radical (unpaired) electrons. The lowest BCUT2D eigenvalue weighted by molar-refractivity contribution is 0.402. The maximum absolute atomic E-state index is 15.9. The number of rotatable bonds is 5. The first kappa shape index (κ1) is 20.3. The van der Waals surface area contributed by atoms with Gasteiger partial charge in [0.1, 0.15) is 11.5 Å². The smallest absolute Gasteiger partial charge is 0.178 e. The normalized spacial score (nSPS) is 11.8. The first-order chi connectivity index (χ1) is 16.6. The number of nitrogens with zero attached hydrogens (tertiary/aromatic N) is 5. The van der Waals surface area contributed by atoms with Gasteiger partial charge in [0, 0.05) is 47.4 Å². The van der Waals surface area contributed by atoms with E-state index in [9.17, 15) is 0 Å². The fourth-order valence-electron chi connectivity index (χ4n) is 4.24. The van der Waals surface area contributed by atoms with Gasteiger partial charge in [-0.25, -0.2) is 14.4 Å². The van der Waals surface area contributed by atoms with E-state index in [0.29, 0.717) is 45.7 Å². The van der Waals surface area contributed by atoms with Crippen molar-refractivity contribution in [2.24, 2.45) is 0 Å². The SMILES string of the molecule is CN(C)Cc1cncc(-c2ccc3[nH]nc(-c4nc5nccc(-c6ccoc6)c5[nH]4)c3c2F)c1. The minimum atomic E-state index is -0.381. The Morgan fingerprint density at radius 2 is 1.97 bits per heavy atom. The van der Waals surface area contributed by atoms with Crippen molar-refractivity contribution in [1.29, 1.82) is 0 Å². The number of pyridine rings is 2. The van der Waals surface area contributed by atoms with Crippen LogP contribution in [-0.4, -0.2) is 49.1 Å². The van der Waals surface area contributed by atoms with Crippen LogP contribution in [0.4, 0.5) is 4.39 Å². The van der Waals surface area contributed by atoms with Crippen LogP contribution in [0.1, 0.15) is 5.56 Å². The highest BCUT2D eigenvalue weighted by molar-refractivity contribution is 5.97. The van der Waals surface area contributed by atoms with Crippen molar-refractivity contribution < 1.29 is 8.81 Å². The van der Waals surface area contributed by atoms with Crippen LogP contribution in [0.5, 0.6) is 0 Å². The van der Waals surface area contributed by atoms with E-state index < -0.39 is 0 Å². The Hall–Kier alpha value is -4.37. The first-order valence-corrected chi connectivity index (χ1v) is 10.7. The largest absolute Gasteiger partial charge is 0.472 e. The van der Waals surface area contributed by atoms with E-state index in [0.717, 1.165) is 22.2 Å². The Morgan fingerprint density at radius 3 is 2.79 bits per heavy atom. The Morgan fingerprint density at radius 1 is 1.06 bits per heavy atom. The number of hydrogen-bond acceptors (Lipinski definition) is 6. The predicted octanol–water partition coefficient (Wildman–Crippen LogP) is 5.02. The molecule has 0 amide bonds. The van der Waals surface area contributed by atoms with Crippen LogP contribution in [0.3, 0.4) is 0 Å². The number of H-pyrrole nitrogens is 2. The van der Waals surface area contributed by atoms with E-state index in [1.165, 1.54) is 0 Å². The molecule has 0 unspecified atom stereocenters. The molecule has 8 nitrogen and oxygen atoms in total. The number of benzene rings is 1. The van der Waals surface area contributed by atoms with E-state index in [4.69, 9.17) is 4.42 Å². The minimum absolute atomic E-state index is 0.361. The summed E-state index contributed by atoms with van der Waals surface area (Å²) in [6.45, 7) is 0.715. The summed E-state index contributed by atoms with van der Waals surface area (Å²) in [6, 6.07) is 9.26. The number of hydrogen-bond donors (Lipinski definition) is 2. The number of aromatic nitrogens is 6. The van der Waals surface area contributed by atoms with Gasteiger partial charge < -0.3 is 14.3 Å². The molecule has 5 heterocycles. The molecule has 2 N–H and O–H groups in total. The standard InChI is InChI=1S/C25H20FN7O/c1-33(2)12-14-9-16(11-27-10-14)17-3-4-19-20(21(17)26)23(32-31-19)25-29-22-18(15-6-8-34-13-15)5-7-28-24(22)30-25/h3-11,13H,12H2,1-2H3,(H,31,32)(H,28,29,30). The zero-order valence-electron chi connectivity index (χ0n) is 18.5. The molecule has 0 spiro atoms. The van der Waals surface area contributed by atoms with E-state index >= 15 is 4.39 Å². The molecule has 6 aromatic rings. The first-order valence-electron chi connectivity index (χ1n) is 10.7. The van der Waals surface area contributed by atoms with Crippen LogP contribution in [0.25, 0.3) is 55.8 Å². The van der Waals surface area contributed by atoms with Gasteiger partial charge in [0.15, 0.2) is 11.5 Å². The van der Waals surface area contributed by atoms with Crippen LogP contribution in [-0.2, 0) is 6.54 Å². The molecule has 168 valence electrons. The molecule has 0 saturated heterocycles. The maximum atomic E-state index is 15.9. The zero-order valence-corrected chi connectivity index (χ0v) is 18.5. The van der Waals surface area contributed by atoms with Crippen LogP contribution in [0.15, 0.2) is 65.9 Å². The quantitative estimate of drug-likeness (QED) is 0.380. The van der Waals surface area contributed by atoms with E-state index in [-0.39, 0.29) is 5.82 Å². The van der Waals surface area contributed by atoms with Gasteiger partial charge in [0.2, 0.25) is 0 Å². The summed E-state index contributed by atoms with van der Waals surface area (Å²) in [6.07, 6.45) is 8.42. The molecule has 0 bridgehead atoms. The van der Waals surface area contributed by atoms with Crippen LogP contribution >= 0.6 is 0 Å². The highest BCUT2D eigenvalue weighted by atomic mass is 19.1. The fraction of sp³-hybridized carbons (Fsp3) is 0.120. The molecule has 1 aromatic carbocycles. The van der Waals surface area contributed by atoms with Crippen molar-refractivity contribution in [3.8, 4) is 33.8 Å². The average molecular weight is 453 g/mol. The van der Waals surface area contributed by atoms with Crippen LogP contribution in [0, 0.1) is 5.82 Å². The highest BCUT2D eigenvalue weighted by Crippen LogP contribution is 2.35. The van der Waals surface area contributed by atoms with Crippen molar-refractivity contribution in [2.75, 3.05) is 14.1 Å². The summed E-state index contributed by atoms with van der Waals surface area (Å²) >= 11 is 0. The monoisotopic (exact) mass is 453 g/mol. The second-order valence-electron chi connectivity index (χ2n) is 8.40. The third-order valence-electron chi connectivity index (χ3n) is 5.72. The fourth-order valence-corrected chi connectivity index (χ4v) is 4.24. The molecule has 0 aliphatic rings. The Kier molecular flexibility index (Phi) is 4.70. The van der Waals surface area contributed by atoms with E-state index in [1.807, 2.05) is 43.3 Å². The molecule has 9 heteroatoms. The molecule has 34 heavy (non-hydrogen) atoms. The summed E-state index contributed by atoms with van der Waals surface area (Å²) in [5.41, 5.74) is 6.17. The predicted molar refractivity (Wildman–Crippen MR) is 127 cm³/mol. The van der Waals surface area contributed by atoms with Crippen molar-refractivity contribution in [2.45, 2.75) is 6.54 Å². The molecule has 5 aromatic heterocycles. The molecular weight excluding hydrogens is 433 g/mol. The van der Waals surface area contributed by atoms with Gasteiger partial charge in [-0.05, 0) is 50.0 Å².